The van der Waals surface area contributed by atoms with E-state index in [1.165, 1.54) is 0 Å². The number of benzene rings is 1. The van der Waals surface area contributed by atoms with Crippen molar-refractivity contribution >= 4 is 17.8 Å². The molecule has 160 valence electrons. The average molecular weight is 412 g/mol. The molecule has 2 amide bonds. The summed E-state index contributed by atoms with van der Waals surface area (Å²) >= 11 is 0. The molecule has 0 saturated carbocycles. The Hall–Kier alpha value is -3.03. The van der Waals surface area contributed by atoms with Crippen LogP contribution in [-0.2, 0) is 9.59 Å². The highest BCUT2D eigenvalue weighted by molar-refractivity contribution is 5.80. The molecule has 3 heterocycles. The van der Waals surface area contributed by atoms with Crippen molar-refractivity contribution in [3.05, 3.63) is 42.7 Å². The lowest BCUT2D eigenvalue weighted by Gasteiger charge is -2.38. The standard InChI is InChI=1S/C22H29N5O3/c28-20(8-17-30-19-4-2-1-3-5-19)25-11-6-18(7-12-25)21(29)26-13-15-27(16-14-26)22-23-9-10-24-22/h1-5,9-10,18H,6-8,11-17H2,(H,23,24). The molecule has 2 aliphatic rings. The van der Waals surface area contributed by atoms with Crippen molar-refractivity contribution in [2.24, 2.45) is 5.92 Å². The number of carbonyl (C=O) groups is 2. The lowest BCUT2D eigenvalue weighted by atomic mass is 9.94. The number of hydrogen-bond acceptors (Lipinski definition) is 5. The van der Waals surface area contributed by atoms with Crippen LogP contribution in [0, 0.1) is 5.92 Å². The summed E-state index contributed by atoms with van der Waals surface area (Å²) in [4.78, 5) is 38.8. The van der Waals surface area contributed by atoms with Gasteiger partial charge in [0.1, 0.15) is 5.75 Å². The van der Waals surface area contributed by atoms with Crippen LogP contribution in [0.3, 0.4) is 0 Å². The van der Waals surface area contributed by atoms with Crippen molar-refractivity contribution in [2.75, 3.05) is 50.8 Å². The first-order valence-corrected chi connectivity index (χ1v) is 10.7. The maximum absolute atomic E-state index is 12.9. The number of amides is 2. The first kappa shape index (κ1) is 20.3. The van der Waals surface area contributed by atoms with Crippen LogP contribution < -0.4 is 9.64 Å². The van der Waals surface area contributed by atoms with E-state index in [-0.39, 0.29) is 17.7 Å². The monoisotopic (exact) mass is 411 g/mol. The Bertz CT molecular complexity index is 811. The van der Waals surface area contributed by atoms with Crippen LogP contribution in [-0.4, -0.2) is 77.5 Å². The van der Waals surface area contributed by atoms with E-state index in [1.54, 1.807) is 6.20 Å². The Morgan fingerprint density at radius 3 is 2.40 bits per heavy atom. The third kappa shape index (κ3) is 4.93. The normalized spacial score (nSPS) is 17.8. The third-order valence-electron chi connectivity index (χ3n) is 5.90. The predicted molar refractivity (Wildman–Crippen MR) is 113 cm³/mol. The van der Waals surface area contributed by atoms with Crippen LogP contribution in [0.15, 0.2) is 42.7 Å². The molecule has 0 radical (unpaired) electrons. The van der Waals surface area contributed by atoms with Gasteiger partial charge in [-0.25, -0.2) is 4.98 Å². The van der Waals surface area contributed by atoms with Gasteiger partial charge < -0.3 is 24.4 Å². The number of imidazole rings is 1. The number of para-hydroxylation sites is 1. The number of ether oxygens (including phenoxy) is 1. The number of hydrogen-bond donors (Lipinski definition) is 1. The SMILES string of the molecule is O=C(CCOc1ccccc1)N1CCC(C(=O)N2CCN(c3ncc[nH]3)CC2)CC1. The predicted octanol–water partition coefficient (Wildman–Crippen LogP) is 1.77. The fourth-order valence-corrected chi connectivity index (χ4v) is 4.13. The number of piperazine rings is 1. The zero-order valence-corrected chi connectivity index (χ0v) is 17.2. The molecule has 0 aliphatic carbocycles. The number of carbonyl (C=O) groups excluding carboxylic acids is 2. The Morgan fingerprint density at radius 2 is 1.73 bits per heavy atom. The number of aromatic amines is 1. The quantitative estimate of drug-likeness (QED) is 0.783. The second kappa shape index (κ2) is 9.65. The molecular formula is C22H29N5O3. The minimum absolute atomic E-state index is 0.0183. The first-order chi connectivity index (χ1) is 14.7. The maximum Gasteiger partial charge on any atom is 0.225 e. The molecule has 0 atom stereocenters. The largest absolute Gasteiger partial charge is 0.493 e. The van der Waals surface area contributed by atoms with Crippen molar-refractivity contribution in [1.29, 1.82) is 0 Å². The molecule has 4 rings (SSSR count). The fraction of sp³-hybridized carbons (Fsp3) is 0.500. The minimum atomic E-state index is 0.0183. The third-order valence-corrected chi connectivity index (χ3v) is 5.90. The Kier molecular flexibility index (Phi) is 6.51. The van der Waals surface area contributed by atoms with Crippen molar-refractivity contribution < 1.29 is 14.3 Å². The molecule has 2 saturated heterocycles. The van der Waals surface area contributed by atoms with Crippen LogP contribution in [0.5, 0.6) is 5.75 Å². The number of nitrogens with zero attached hydrogens (tertiary/aromatic N) is 4. The summed E-state index contributed by atoms with van der Waals surface area (Å²) in [6.07, 6.45) is 5.40. The lowest BCUT2D eigenvalue weighted by molar-refractivity contribution is -0.141. The van der Waals surface area contributed by atoms with Gasteiger partial charge in [-0.1, -0.05) is 18.2 Å². The highest BCUT2D eigenvalue weighted by atomic mass is 16.5. The smallest absolute Gasteiger partial charge is 0.225 e. The molecule has 0 bridgehead atoms. The van der Waals surface area contributed by atoms with Crippen molar-refractivity contribution in [2.45, 2.75) is 19.3 Å². The number of rotatable bonds is 6. The van der Waals surface area contributed by atoms with Crippen molar-refractivity contribution in [3.8, 4) is 5.75 Å². The van der Waals surface area contributed by atoms with Crippen LogP contribution in [0.1, 0.15) is 19.3 Å². The molecular weight excluding hydrogens is 382 g/mol. The van der Waals surface area contributed by atoms with E-state index >= 15 is 0 Å². The van der Waals surface area contributed by atoms with Gasteiger partial charge in [-0.15, -0.1) is 0 Å². The number of anilines is 1. The average Bonchev–Trinajstić information content (AvgIpc) is 3.34. The second-order valence-corrected chi connectivity index (χ2v) is 7.79. The molecule has 2 aliphatic heterocycles. The van der Waals surface area contributed by atoms with Crippen molar-refractivity contribution in [3.63, 3.8) is 0 Å². The number of aromatic nitrogens is 2. The van der Waals surface area contributed by atoms with Crippen molar-refractivity contribution in [1.82, 2.24) is 19.8 Å². The molecule has 1 N–H and O–H groups in total. The Balaban J connectivity index is 1.17. The topological polar surface area (TPSA) is 81.8 Å². The number of likely N-dealkylation sites (tertiary alicyclic amines) is 1. The highest BCUT2D eigenvalue weighted by Gasteiger charge is 2.31. The Labute approximate surface area is 176 Å². The number of piperidine rings is 1. The lowest BCUT2D eigenvalue weighted by Crippen LogP contribution is -2.52. The van der Waals surface area contributed by atoms with E-state index in [0.717, 1.165) is 50.7 Å². The van der Waals surface area contributed by atoms with Gasteiger partial charge in [-0.3, -0.25) is 9.59 Å². The molecule has 2 fully saturated rings. The maximum atomic E-state index is 12.9. The summed E-state index contributed by atoms with van der Waals surface area (Å²) in [6, 6.07) is 9.53. The second-order valence-electron chi connectivity index (χ2n) is 7.79. The van der Waals surface area contributed by atoms with Gasteiger partial charge in [0.05, 0.1) is 13.0 Å². The van der Waals surface area contributed by atoms with Gasteiger partial charge >= 0.3 is 0 Å². The molecule has 8 heteroatoms. The zero-order chi connectivity index (χ0) is 20.8. The highest BCUT2D eigenvalue weighted by Crippen LogP contribution is 2.22. The summed E-state index contributed by atoms with van der Waals surface area (Å²) in [5, 5.41) is 0. The van der Waals surface area contributed by atoms with Gasteiger partial charge in [0.2, 0.25) is 17.8 Å². The minimum Gasteiger partial charge on any atom is -0.493 e. The fourth-order valence-electron chi connectivity index (χ4n) is 4.13. The van der Waals surface area contributed by atoms with Crippen LogP contribution in [0.4, 0.5) is 5.95 Å². The summed E-state index contributed by atoms with van der Waals surface area (Å²) < 4.78 is 5.62. The molecule has 0 spiro atoms. The van der Waals surface area contributed by atoms with E-state index in [9.17, 15) is 9.59 Å². The summed E-state index contributed by atoms with van der Waals surface area (Å²) in [5.41, 5.74) is 0. The van der Waals surface area contributed by atoms with E-state index in [1.807, 2.05) is 46.3 Å². The summed E-state index contributed by atoms with van der Waals surface area (Å²) in [7, 11) is 0. The molecule has 1 aromatic carbocycles. The molecule has 8 nitrogen and oxygen atoms in total. The molecule has 1 aromatic heterocycles. The van der Waals surface area contributed by atoms with E-state index < -0.39 is 0 Å². The Morgan fingerprint density at radius 1 is 1.00 bits per heavy atom. The van der Waals surface area contributed by atoms with E-state index in [4.69, 9.17) is 4.74 Å². The summed E-state index contributed by atoms with van der Waals surface area (Å²) in [5.74, 6) is 1.99. The molecule has 2 aromatic rings. The van der Waals surface area contributed by atoms with Crippen LogP contribution in [0.25, 0.3) is 0 Å². The van der Waals surface area contributed by atoms with Crippen LogP contribution in [0.2, 0.25) is 0 Å². The molecule has 30 heavy (non-hydrogen) atoms. The number of nitrogens with one attached hydrogen (secondary N) is 1. The number of H-pyrrole nitrogens is 1. The van der Waals surface area contributed by atoms with E-state index in [0.29, 0.717) is 26.1 Å². The first-order valence-electron chi connectivity index (χ1n) is 10.7. The van der Waals surface area contributed by atoms with Gasteiger partial charge in [-0.2, -0.15) is 0 Å². The summed E-state index contributed by atoms with van der Waals surface area (Å²) in [6.45, 7) is 4.68. The van der Waals surface area contributed by atoms with Gasteiger partial charge in [-0.05, 0) is 25.0 Å². The van der Waals surface area contributed by atoms with Crippen LogP contribution >= 0.6 is 0 Å². The molecule has 0 unspecified atom stereocenters. The van der Waals surface area contributed by atoms with E-state index in [2.05, 4.69) is 14.9 Å². The zero-order valence-electron chi connectivity index (χ0n) is 17.2. The van der Waals surface area contributed by atoms with Gasteiger partial charge in [0.25, 0.3) is 0 Å². The van der Waals surface area contributed by atoms with Gasteiger partial charge in [0.15, 0.2) is 0 Å². The van der Waals surface area contributed by atoms with Gasteiger partial charge in [0, 0.05) is 57.6 Å².